The van der Waals surface area contributed by atoms with Crippen molar-refractivity contribution in [3.05, 3.63) is 0 Å². The number of amides is 1. The zero-order chi connectivity index (χ0) is 15.6. The number of carbonyl (C=O) groups is 1. The first-order chi connectivity index (χ1) is 11.3. The van der Waals surface area contributed by atoms with Gasteiger partial charge in [-0.3, -0.25) is 9.69 Å². The number of hydrogen-bond acceptors (Lipinski definition) is 4. The summed E-state index contributed by atoms with van der Waals surface area (Å²) in [4.78, 5) is 17.5. The molecule has 4 aliphatic heterocycles. The molecule has 5 heteroatoms. The number of hydrogen-bond donors (Lipinski definition) is 0. The van der Waals surface area contributed by atoms with E-state index < -0.39 is 0 Å². The van der Waals surface area contributed by atoms with E-state index in [9.17, 15) is 4.79 Å². The number of piperidine rings is 1. The standard InChI is InChI=1S/C18H30N2O3/c21-18(19-6-1-2-7-19)15-11-17-16(5-10-23-17)20(13-15)12-14-3-8-22-9-4-14/h14-17H,1-13H2/t15-,16+,17+/m0/s1. The minimum absolute atomic E-state index is 0.146. The van der Waals surface area contributed by atoms with Crippen LogP contribution in [0.5, 0.6) is 0 Å². The molecule has 23 heavy (non-hydrogen) atoms. The zero-order valence-corrected chi connectivity index (χ0v) is 14.1. The third kappa shape index (κ3) is 3.42. The smallest absolute Gasteiger partial charge is 0.227 e. The molecule has 4 aliphatic rings. The van der Waals surface area contributed by atoms with Crippen molar-refractivity contribution in [3.8, 4) is 0 Å². The van der Waals surface area contributed by atoms with E-state index in [2.05, 4.69) is 9.80 Å². The summed E-state index contributed by atoms with van der Waals surface area (Å²) in [7, 11) is 0. The lowest BCUT2D eigenvalue weighted by Crippen LogP contribution is -2.54. The van der Waals surface area contributed by atoms with Crippen LogP contribution in [0.15, 0.2) is 0 Å². The lowest BCUT2D eigenvalue weighted by Gasteiger charge is -2.43. The fourth-order valence-electron chi connectivity index (χ4n) is 4.90. The summed E-state index contributed by atoms with van der Waals surface area (Å²) in [6.45, 7) is 6.66. The van der Waals surface area contributed by atoms with Gasteiger partial charge in [-0.05, 0) is 44.4 Å². The minimum atomic E-state index is 0.146. The van der Waals surface area contributed by atoms with Crippen LogP contribution < -0.4 is 0 Å². The Kier molecular flexibility index (Phi) is 4.88. The van der Waals surface area contributed by atoms with E-state index in [4.69, 9.17) is 9.47 Å². The summed E-state index contributed by atoms with van der Waals surface area (Å²) in [5.41, 5.74) is 0. The van der Waals surface area contributed by atoms with Gasteiger partial charge in [0.2, 0.25) is 5.91 Å². The van der Waals surface area contributed by atoms with Crippen molar-refractivity contribution in [2.24, 2.45) is 11.8 Å². The molecule has 130 valence electrons. The van der Waals surface area contributed by atoms with Gasteiger partial charge < -0.3 is 14.4 Å². The van der Waals surface area contributed by atoms with Gasteiger partial charge in [-0.15, -0.1) is 0 Å². The predicted molar refractivity (Wildman–Crippen MR) is 87.2 cm³/mol. The van der Waals surface area contributed by atoms with Crippen LogP contribution in [0.3, 0.4) is 0 Å². The molecule has 4 saturated heterocycles. The Morgan fingerprint density at radius 3 is 2.61 bits per heavy atom. The first-order valence-electron chi connectivity index (χ1n) is 9.53. The van der Waals surface area contributed by atoms with Gasteiger partial charge in [0.1, 0.15) is 0 Å². The number of ether oxygens (including phenoxy) is 2. The molecule has 0 aliphatic carbocycles. The SMILES string of the molecule is O=C([C@H]1C[C@H]2OCC[C@H]2N(CC2CCOCC2)C1)N1CCCC1. The van der Waals surface area contributed by atoms with E-state index in [1.807, 2.05) is 0 Å². The fourth-order valence-corrected chi connectivity index (χ4v) is 4.90. The second-order valence-electron chi connectivity index (χ2n) is 7.74. The lowest BCUT2D eigenvalue weighted by molar-refractivity contribution is -0.139. The van der Waals surface area contributed by atoms with E-state index in [-0.39, 0.29) is 12.0 Å². The maximum Gasteiger partial charge on any atom is 0.227 e. The lowest BCUT2D eigenvalue weighted by atomic mass is 9.87. The van der Waals surface area contributed by atoms with Gasteiger partial charge in [-0.1, -0.05) is 0 Å². The number of carbonyl (C=O) groups excluding carboxylic acids is 1. The van der Waals surface area contributed by atoms with Crippen LogP contribution in [-0.2, 0) is 14.3 Å². The van der Waals surface area contributed by atoms with Gasteiger partial charge >= 0.3 is 0 Å². The summed E-state index contributed by atoms with van der Waals surface area (Å²) < 4.78 is 11.5. The van der Waals surface area contributed by atoms with Crippen LogP contribution in [0.1, 0.15) is 38.5 Å². The zero-order valence-electron chi connectivity index (χ0n) is 14.1. The highest BCUT2D eigenvalue weighted by Gasteiger charge is 2.43. The van der Waals surface area contributed by atoms with E-state index in [0.717, 1.165) is 64.8 Å². The van der Waals surface area contributed by atoms with Crippen LogP contribution in [0, 0.1) is 11.8 Å². The maximum atomic E-state index is 12.9. The summed E-state index contributed by atoms with van der Waals surface area (Å²) in [5.74, 6) is 1.26. The van der Waals surface area contributed by atoms with Crippen molar-refractivity contribution < 1.29 is 14.3 Å². The average molecular weight is 322 g/mol. The molecule has 5 nitrogen and oxygen atoms in total. The summed E-state index contributed by atoms with van der Waals surface area (Å²) in [5, 5.41) is 0. The third-order valence-corrected chi connectivity index (χ3v) is 6.22. The van der Waals surface area contributed by atoms with Crippen LogP contribution in [0.25, 0.3) is 0 Å². The molecular formula is C18H30N2O3. The van der Waals surface area contributed by atoms with Crippen molar-refractivity contribution in [1.82, 2.24) is 9.80 Å². The molecule has 4 fully saturated rings. The Morgan fingerprint density at radius 1 is 1.04 bits per heavy atom. The van der Waals surface area contributed by atoms with Crippen molar-refractivity contribution >= 4 is 5.91 Å². The van der Waals surface area contributed by atoms with E-state index >= 15 is 0 Å². The van der Waals surface area contributed by atoms with Crippen LogP contribution in [0.4, 0.5) is 0 Å². The molecule has 0 bridgehead atoms. The first-order valence-corrected chi connectivity index (χ1v) is 9.53. The predicted octanol–water partition coefficient (Wildman–Crippen LogP) is 1.51. The molecule has 0 radical (unpaired) electrons. The normalized spacial score (nSPS) is 36.3. The second-order valence-corrected chi connectivity index (χ2v) is 7.74. The van der Waals surface area contributed by atoms with Crippen molar-refractivity contribution in [2.45, 2.75) is 50.7 Å². The Hall–Kier alpha value is -0.650. The number of likely N-dealkylation sites (tertiary alicyclic amines) is 2. The van der Waals surface area contributed by atoms with E-state index in [1.54, 1.807) is 0 Å². The van der Waals surface area contributed by atoms with Gasteiger partial charge in [0.05, 0.1) is 12.0 Å². The van der Waals surface area contributed by atoms with Crippen LogP contribution in [0.2, 0.25) is 0 Å². The van der Waals surface area contributed by atoms with E-state index in [0.29, 0.717) is 11.9 Å². The van der Waals surface area contributed by atoms with Gasteiger partial charge in [0, 0.05) is 52.0 Å². The minimum Gasteiger partial charge on any atom is -0.381 e. The van der Waals surface area contributed by atoms with Gasteiger partial charge in [0.15, 0.2) is 0 Å². The van der Waals surface area contributed by atoms with Crippen molar-refractivity contribution in [2.75, 3.05) is 46.0 Å². The second kappa shape index (κ2) is 7.08. The van der Waals surface area contributed by atoms with Crippen molar-refractivity contribution in [3.63, 3.8) is 0 Å². The first kappa shape index (κ1) is 15.9. The molecule has 0 saturated carbocycles. The highest BCUT2D eigenvalue weighted by molar-refractivity contribution is 5.79. The Bertz CT molecular complexity index is 418. The largest absolute Gasteiger partial charge is 0.381 e. The summed E-state index contributed by atoms with van der Waals surface area (Å²) >= 11 is 0. The van der Waals surface area contributed by atoms with Crippen molar-refractivity contribution in [1.29, 1.82) is 0 Å². The molecule has 0 aromatic rings. The molecule has 0 unspecified atom stereocenters. The topological polar surface area (TPSA) is 42.0 Å². The van der Waals surface area contributed by atoms with Gasteiger partial charge in [-0.2, -0.15) is 0 Å². The van der Waals surface area contributed by atoms with Crippen LogP contribution >= 0.6 is 0 Å². The quantitative estimate of drug-likeness (QED) is 0.790. The number of fused-ring (bicyclic) bond motifs is 1. The van der Waals surface area contributed by atoms with Crippen LogP contribution in [-0.4, -0.2) is 73.9 Å². The molecular weight excluding hydrogens is 292 g/mol. The Morgan fingerprint density at radius 2 is 1.83 bits per heavy atom. The molecule has 0 spiro atoms. The average Bonchev–Trinajstić information content (AvgIpc) is 3.26. The highest BCUT2D eigenvalue weighted by atomic mass is 16.5. The maximum absolute atomic E-state index is 12.9. The van der Waals surface area contributed by atoms with Gasteiger partial charge in [0.25, 0.3) is 0 Å². The fraction of sp³-hybridized carbons (Fsp3) is 0.944. The number of rotatable bonds is 3. The molecule has 3 atom stereocenters. The third-order valence-electron chi connectivity index (χ3n) is 6.22. The summed E-state index contributed by atoms with van der Waals surface area (Å²) in [6.07, 6.45) is 7.03. The monoisotopic (exact) mass is 322 g/mol. The molecule has 0 aromatic carbocycles. The number of nitrogens with zero attached hydrogens (tertiary/aromatic N) is 2. The van der Waals surface area contributed by atoms with E-state index in [1.165, 1.54) is 25.7 Å². The Labute approximate surface area is 139 Å². The summed E-state index contributed by atoms with van der Waals surface area (Å²) in [6, 6.07) is 0.542. The highest BCUT2D eigenvalue weighted by Crippen LogP contribution is 2.34. The molecule has 0 aromatic heterocycles. The molecule has 0 N–H and O–H groups in total. The molecule has 4 rings (SSSR count). The molecule has 1 amide bonds. The Balaban J connectivity index is 1.42. The van der Waals surface area contributed by atoms with Gasteiger partial charge in [-0.25, -0.2) is 0 Å². The molecule has 4 heterocycles.